The number of hydrogen-bond donors (Lipinski definition) is 1. The number of furan rings is 1. The van der Waals surface area contributed by atoms with Crippen LogP contribution in [0.25, 0.3) is 0 Å². The molecule has 112 valence electrons. The van der Waals surface area contributed by atoms with Gasteiger partial charge in [0.15, 0.2) is 0 Å². The molecule has 0 spiro atoms. The van der Waals surface area contributed by atoms with Crippen molar-refractivity contribution in [2.24, 2.45) is 5.92 Å². The quantitative estimate of drug-likeness (QED) is 0.892. The van der Waals surface area contributed by atoms with Crippen LogP contribution in [-0.4, -0.2) is 43.7 Å². The molecule has 0 saturated carbocycles. The third kappa shape index (κ3) is 3.84. The molecule has 0 aromatic carbocycles. The van der Waals surface area contributed by atoms with Crippen LogP contribution in [0.2, 0.25) is 0 Å². The monoisotopic (exact) mass is 280 g/mol. The van der Waals surface area contributed by atoms with Crippen molar-refractivity contribution in [2.45, 2.75) is 26.8 Å². The molecule has 20 heavy (non-hydrogen) atoms. The van der Waals surface area contributed by atoms with Gasteiger partial charge in [0.2, 0.25) is 5.91 Å². The first kappa shape index (κ1) is 15.1. The van der Waals surface area contributed by atoms with E-state index >= 15 is 0 Å². The predicted octanol–water partition coefficient (Wildman–Crippen LogP) is 1.73. The van der Waals surface area contributed by atoms with Crippen molar-refractivity contribution < 1.29 is 13.9 Å². The van der Waals surface area contributed by atoms with E-state index in [4.69, 9.17) is 9.15 Å². The summed E-state index contributed by atoms with van der Waals surface area (Å²) in [5, 5.41) is 3.01. The second kappa shape index (κ2) is 6.90. The Hall–Kier alpha value is -1.33. The second-order valence-corrected chi connectivity index (χ2v) is 5.51. The highest BCUT2D eigenvalue weighted by Gasteiger charge is 2.25. The Bertz CT molecular complexity index is 436. The molecule has 0 radical (unpaired) electrons. The van der Waals surface area contributed by atoms with Gasteiger partial charge in [-0.15, -0.1) is 0 Å². The number of rotatable bonds is 5. The van der Waals surface area contributed by atoms with Gasteiger partial charge in [0.1, 0.15) is 11.5 Å². The topological polar surface area (TPSA) is 54.7 Å². The summed E-state index contributed by atoms with van der Waals surface area (Å²) in [7, 11) is 0. The van der Waals surface area contributed by atoms with Gasteiger partial charge < -0.3 is 14.5 Å². The lowest BCUT2D eigenvalue weighted by Crippen LogP contribution is -2.44. The summed E-state index contributed by atoms with van der Waals surface area (Å²) in [6.07, 6.45) is 0. The van der Waals surface area contributed by atoms with Crippen molar-refractivity contribution in [1.82, 2.24) is 10.2 Å². The largest absolute Gasteiger partial charge is 0.465 e. The molecule has 1 aromatic heterocycles. The highest BCUT2D eigenvalue weighted by Crippen LogP contribution is 2.23. The van der Waals surface area contributed by atoms with E-state index in [-0.39, 0.29) is 17.9 Å². The van der Waals surface area contributed by atoms with Crippen LogP contribution in [0.4, 0.5) is 0 Å². The van der Waals surface area contributed by atoms with Gasteiger partial charge in [-0.25, -0.2) is 0 Å². The standard InChI is InChI=1S/C15H24N2O3/c1-11(2)15(18)16-10-13(14-5-4-12(3)20-14)17-6-8-19-9-7-17/h4-5,11,13H,6-10H2,1-3H3,(H,16,18). The van der Waals surface area contributed by atoms with Gasteiger partial charge in [-0.2, -0.15) is 0 Å². The molecule has 1 aromatic rings. The molecule has 0 aliphatic carbocycles. The maximum atomic E-state index is 11.8. The Morgan fingerprint density at radius 3 is 2.60 bits per heavy atom. The van der Waals surface area contributed by atoms with Crippen LogP contribution < -0.4 is 5.32 Å². The van der Waals surface area contributed by atoms with Crippen LogP contribution >= 0.6 is 0 Å². The van der Waals surface area contributed by atoms with Gasteiger partial charge in [0.05, 0.1) is 19.3 Å². The molecule has 1 unspecified atom stereocenters. The van der Waals surface area contributed by atoms with Gasteiger partial charge in [0.25, 0.3) is 0 Å². The van der Waals surface area contributed by atoms with Crippen LogP contribution in [0.3, 0.4) is 0 Å². The summed E-state index contributed by atoms with van der Waals surface area (Å²) >= 11 is 0. The predicted molar refractivity (Wildman–Crippen MR) is 76.4 cm³/mol. The second-order valence-electron chi connectivity index (χ2n) is 5.51. The molecule has 2 heterocycles. The van der Waals surface area contributed by atoms with Crippen LogP contribution in [-0.2, 0) is 9.53 Å². The lowest BCUT2D eigenvalue weighted by atomic mass is 10.1. The van der Waals surface area contributed by atoms with Crippen molar-refractivity contribution in [3.8, 4) is 0 Å². The van der Waals surface area contributed by atoms with Crippen molar-refractivity contribution in [1.29, 1.82) is 0 Å². The Kier molecular flexibility index (Phi) is 5.20. The smallest absolute Gasteiger partial charge is 0.222 e. The third-order valence-corrected chi connectivity index (χ3v) is 3.57. The molecule has 1 amide bonds. The minimum Gasteiger partial charge on any atom is -0.465 e. The SMILES string of the molecule is Cc1ccc(C(CNC(=O)C(C)C)N2CCOCC2)o1. The van der Waals surface area contributed by atoms with E-state index in [9.17, 15) is 4.79 Å². The maximum absolute atomic E-state index is 11.8. The zero-order valence-corrected chi connectivity index (χ0v) is 12.5. The van der Waals surface area contributed by atoms with Crippen LogP contribution in [0.15, 0.2) is 16.5 Å². The summed E-state index contributed by atoms with van der Waals surface area (Å²) < 4.78 is 11.2. The highest BCUT2D eigenvalue weighted by molar-refractivity contribution is 5.77. The van der Waals surface area contributed by atoms with Gasteiger partial charge in [-0.3, -0.25) is 9.69 Å². The van der Waals surface area contributed by atoms with Crippen LogP contribution in [0, 0.1) is 12.8 Å². The molecule has 1 saturated heterocycles. The van der Waals surface area contributed by atoms with Gasteiger partial charge in [-0.1, -0.05) is 13.8 Å². The molecule has 1 aliphatic heterocycles. The van der Waals surface area contributed by atoms with E-state index in [2.05, 4.69) is 10.2 Å². The van der Waals surface area contributed by atoms with Crippen molar-refractivity contribution in [3.05, 3.63) is 23.7 Å². The number of carbonyl (C=O) groups excluding carboxylic acids is 1. The normalized spacial score (nSPS) is 18.2. The lowest BCUT2D eigenvalue weighted by molar-refractivity contribution is -0.124. The number of nitrogens with one attached hydrogen (secondary N) is 1. The number of nitrogens with zero attached hydrogens (tertiary/aromatic N) is 1. The highest BCUT2D eigenvalue weighted by atomic mass is 16.5. The summed E-state index contributed by atoms with van der Waals surface area (Å²) in [5.74, 6) is 1.88. The van der Waals surface area contributed by atoms with E-state index < -0.39 is 0 Å². The van der Waals surface area contributed by atoms with Gasteiger partial charge in [0, 0.05) is 25.6 Å². The molecule has 5 heteroatoms. The summed E-state index contributed by atoms with van der Waals surface area (Å²) in [6.45, 7) is 9.50. The van der Waals surface area contributed by atoms with E-state index in [1.54, 1.807) is 0 Å². The molecule has 1 N–H and O–H groups in total. The molecule has 2 rings (SSSR count). The van der Waals surface area contributed by atoms with E-state index in [1.807, 2.05) is 32.9 Å². The first-order chi connectivity index (χ1) is 9.58. The average Bonchev–Trinajstić information content (AvgIpc) is 2.86. The zero-order valence-electron chi connectivity index (χ0n) is 12.5. The Labute approximate surface area is 120 Å². The van der Waals surface area contributed by atoms with Crippen molar-refractivity contribution >= 4 is 5.91 Å². The van der Waals surface area contributed by atoms with E-state index in [1.165, 1.54) is 0 Å². The molecule has 5 nitrogen and oxygen atoms in total. The first-order valence-corrected chi connectivity index (χ1v) is 7.23. The van der Waals surface area contributed by atoms with Gasteiger partial charge >= 0.3 is 0 Å². The van der Waals surface area contributed by atoms with Gasteiger partial charge in [-0.05, 0) is 19.1 Å². The molecule has 1 atom stereocenters. The molecule has 0 bridgehead atoms. The minimum atomic E-state index is -0.00123. The van der Waals surface area contributed by atoms with Crippen LogP contribution in [0.1, 0.15) is 31.4 Å². The number of aryl methyl sites for hydroxylation is 1. The molecule has 1 fully saturated rings. The number of ether oxygens (including phenoxy) is 1. The van der Waals surface area contributed by atoms with Crippen LogP contribution in [0.5, 0.6) is 0 Å². The van der Waals surface area contributed by atoms with E-state index in [0.29, 0.717) is 6.54 Å². The average molecular weight is 280 g/mol. The Morgan fingerprint density at radius 1 is 1.35 bits per heavy atom. The fourth-order valence-electron chi connectivity index (χ4n) is 2.33. The molecule has 1 aliphatic rings. The summed E-state index contributed by atoms with van der Waals surface area (Å²) in [6, 6.07) is 4.04. The number of hydrogen-bond acceptors (Lipinski definition) is 4. The third-order valence-electron chi connectivity index (χ3n) is 3.57. The van der Waals surface area contributed by atoms with E-state index in [0.717, 1.165) is 37.8 Å². The Balaban J connectivity index is 2.05. The lowest BCUT2D eigenvalue weighted by Gasteiger charge is -2.33. The summed E-state index contributed by atoms with van der Waals surface area (Å²) in [4.78, 5) is 14.1. The van der Waals surface area contributed by atoms with Crippen molar-refractivity contribution in [2.75, 3.05) is 32.8 Å². The fourth-order valence-corrected chi connectivity index (χ4v) is 2.33. The number of morpholine rings is 1. The Morgan fingerprint density at radius 2 is 2.05 bits per heavy atom. The minimum absolute atomic E-state index is 0.00123. The maximum Gasteiger partial charge on any atom is 0.222 e. The first-order valence-electron chi connectivity index (χ1n) is 7.23. The summed E-state index contributed by atoms with van der Waals surface area (Å²) in [5.41, 5.74) is 0. The van der Waals surface area contributed by atoms with Crippen molar-refractivity contribution in [3.63, 3.8) is 0 Å². The number of amides is 1. The number of carbonyl (C=O) groups is 1. The zero-order chi connectivity index (χ0) is 14.5. The fraction of sp³-hybridized carbons (Fsp3) is 0.667. The molecular weight excluding hydrogens is 256 g/mol. The molecular formula is C15H24N2O3.